The first-order chi connectivity index (χ1) is 10.2. The van der Waals surface area contributed by atoms with E-state index in [9.17, 15) is 19.7 Å². The summed E-state index contributed by atoms with van der Waals surface area (Å²) in [6.45, 7) is 5.87. The second-order valence-corrected chi connectivity index (χ2v) is 5.41. The van der Waals surface area contributed by atoms with Crippen LogP contribution in [0.25, 0.3) is 0 Å². The topological polar surface area (TPSA) is 119 Å². The minimum Gasteiger partial charge on any atom is -0.481 e. The van der Waals surface area contributed by atoms with Gasteiger partial charge in [0, 0.05) is 20.0 Å². The summed E-state index contributed by atoms with van der Waals surface area (Å²) in [6.07, 6.45) is 1.07. The van der Waals surface area contributed by atoms with Crippen molar-refractivity contribution in [3.8, 4) is 0 Å². The van der Waals surface area contributed by atoms with E-state index in [1.54, 1.807) is 6.92 Å². The lowest BCUT2D eigenvalue weighted by Gasteiger charge is -2.24. The van der Waals surface area contributed by atoms with Gasteiger partial charge in [0.25, 0.3) is 0 Å². The predicted octanol–water partition coefficient (Wildman–Crippen LogP) is 1.06. The molecule has 122 valence electrons. The van der Waals surface area contributed by atoms with Crippen LogP contribution in [-0.4, -0.2) is 49.4 Å². The van der Waals surface area contributed by atoms with Gasteiger partial charge in [0.2, 0.25) is 11.7 Å². The molecule has 22 heavy (non-hydrogen) atoms. The number of rotatable bonds is 8. The van der Waals surface area contributed by atoms with Gasteiger partial charge in [-0.15, -0.1) is 0 Å². The summed E-state index contributed by atoms with van der Waals surface area (Å²) in [5, 5.41) is 19.4. The monoisotopic (exact) mass is 312 g/mol. The van der Waals surface area contributed by atoms with Crippen molar-refractivity contribution in [1.29, 1.82) is 0 Å². The number of carboxylic acids is 1. The molecule has 0 saturated carbocycles. The van der Waals surface area contributed by atoms with Crippen molar-refractivity contribution in [3.63, 3.8) is 0 Å². The van der Waals surface area contributed by atoms with Gasteiger partial charge in [-0.2, -0.15) is 0 Å². The molecule has 0 saturated heterocycles. The van der Waals surface area contributed by atoms with Gasteiger partial charge in [0.15, 0.2) is 0 Å². The zero-order chi connectivity index (χ0) is 16.9. The summed E-state index contributed by atoms with van der Waals surface area (Å²) >= 11 is 0. The maximum atomic E-state index is 12.3. The molecule has 0 spiro atoms. The SMILES string of the molecule is Cc1nc([N+](=O)[O-])cn1CC(=O)N(CCC(=O)O)CC(C)C. The highest BCUT2D eigenvalue weighted by atomic mass is 16.6. The van der Waals surface area contributed by atoms with Crippen LogP contribution in [0.2, 0.25) is 0 Å². The fraction of sp³-hybridized carbons (Fsp3) is 0.615. The highest BCUT2D eigenvalue weighted by Crippen LogP contribution is 2.11. The average Bonchev–Trinajstić information content (AvgIpc) is 2.75. The third kappa shape index (κ3) is 5.15. The Balaban J connectivity index is 2.81. The Morgan fingerprint density at radius 2 is 2.14 bits per heavy atom. The fourth-order valence-corrected chi connectivity index (χ4v) is 1.97. The molecule has 1 N–H and O–H groups in total. The molecule has 1 rings (SSSR count). The quantitative estimate of drug-likeness (QED) is 0.566. The van der Waals surface area contributed by atoms with Crippen LogP contribution in [0.3, 0.4) is 0 Å². The van der Waals surface area contributed by atoms with E-state index in [-0.39, 0.29) is 37.2 Å². The maximum absolute atomic E-state index is 12.3. The van der Waals surface area contributed by atoms with Crippen molar-refractivity contribution in [3.05, 3.63) is 22.1 Å². The maximum Gasteiger partial charge on any atom is 0.381 e. The number of aromatic nitrogens is 2. The Morgan fingerprint density at radius 3 is 2.59 bits per heavy atom. The molecule has 0 bridgehead atoms. The molecule has 1 amide bonds. The van der Waals surface area contributed by atoms with E-state index in [2.05, 4.69) is 4.98 Å². The van der Waals surface area contributed by atoms with Gasteiger partial charge in [-0.1, -0.05) is 13.8 Å². The lowest BCUT2D eigenvalue weighted by atomic mass is 10.2. The highest BCUT2D eigenvalue weighted by molar-refractivity contribution is 5.77. The van der Waals surface area contributed by atoms with Gasteiger partial charge in [-0.05, 0) is 15.8 Å². The molecule has 1 aromatic rings. The largest absolute Gasteiger partial charge is 0.481 e. The van der Waals surface area contributed by atoms with Crippen molar-refractivity contribution >= 4 is 17.7 Å². The molecule has 0 aromatic carbocycles. The highest BCUT2D eigenvalue weighted by Gasteiger charge is 2.21. The number of nitrogens with zero attached hydrogens (tertiary/aromatic N) is 4. The molecule has 0 fully saturated rings. The summed E-state index contributed by atoms with van der Waals surface area (Å²) in [5.74, 6) is -1.02. The molecule has 9 heteroatoms. The molecule has 1 heterocycles. The number of carboxylic acid groups (broad SMARTS) is 1. The number of nitro groups is 1. The molecule has 0 radical (unpaired) electrons. The Morgan fingerprint density at radius 1 is 1.50 bits per heavy atom. The molecule has 9 nitrogen and oxygen atoms in total. The van der Waals surface area contributed by atoms with Crippen molar-refractivity contribution in [2.24, 2.45) is 5.92 Å². The first-order valence-corrected chi connectivity index (χ1v) is 6.88. The lowest BCUT2D eigenvalue weighted by molar-refractivity contribution is -0.389. The smallest absolute Gasteiger partial charge is 0.381 e. The van der Waals surface area contributed by atoms with Crippen LogP contribution >= 0.6 is 0 Å². The Kier molecular flexibility index (Phi) is 6.02. The lowest BCUT2D eigenvalue weighted by Crippen LogP contribution is -2.38. The minimum atomic E-state index is -0.976. The molecule has 0 unspecified atom stereocenters. The second-order valence-electron chi connectivity index (χ2n) is 5.41. The number of carbonyl (C=O) groups excluding carboxylic acids is 1. The van der Waals surface area contributed by atoms with Crippen molar-refractivity contribution < 1.29 is 19.6 Å². The summed E-state index contributed by atoms with van der Waals surface area (Å²) in [5.41, 5.74) is 0. The number of aryl methyl sites for hydroxylation is 1. The van der Waals surface area contributed by atoms with Crippen molar-refractivity contribution in [1.82, 2.24) is 14.5 Å². The van der Waals surface area contributed by atoms with Crippen molar-refractivity contribution in [2.75, 3.05) is 13.1 Å². The first-order valence-electron chi connectivity index (χ1n) is 6.88. The summed E-state index contributed by atoms with van der Waals surface area (Å²) < 4.78 is 1.40. The fourth-order valence-electron chi connectivity index (χ4n) is 1.97. The van der Waals surface area contributed by atoms with Crippen LogP contribution in [0, 0.1) is 23.0 Å². The number of carbonyl (C=O) groups is 2. The van der Waals surface area contributed by atoms with Gasteiger partial charge in [-0.3, -0.25) is 14.2 Å². The number of amides is 1. The van der Waals surface area contributed by atoms with E-state index in [1.165, 1.54) is 15.7 Å². The Bertz CT molecular complexity index is 567. The van der Waals surface area contributed by atoms with Crippen molar-refractivity contribution in [2.45, 2.75) is 33.7 Å². The molecule has 1 aromatic heterocycles. The molecule has 0 aliphatic heterocycles. The van der Waals surface area contributed by atoms with Gasteiger partial charge in [-0.25, -0.2) is 0 Å². The third-order valence-corrected chi connectivity index (χ3v) is 2.99. The van der Waals surface area contributed by atoms with Crippen LogP contribution < -0.4 is 0 Å². The van der Waals surface area contributed by atoms with Crippen LogP contribution in [-0.2, 0) is 16.1 Å². The molecular weight excluding hydrogens is 292 g/mol. The first kappa shape index (κ1) is 17.6. The zero-order valence-electron chi connectivity index (χ0n) is 12.9. The van der Waals surface area contributed by atoms with Gasteiger partial charge in [0.05, 0.1) is 6.42 Å². The number of imidazole rings is 1. The molecule has 0 aliphatic rings. The van der Waals surface area contributed by atoms with E-state index in [0.29, 0.717) is 12.4 Å². The number of aliphatic carboxylic acids is 1. The average molecular weight is 312 g/mol. The van der Waals surface area contributed by atoms with Gasteiger partial charge in [0.1, 0.15) is 12.7 Å². The van der Waals surface area contributed by atoms with E-state index in [4.69, 9.17) is 5.11 Å². The van der Waals surface area contributed by atoms with Crippen LogP contribution in [0.15, 0.2) is 6.20 Å². The van der Waals surface area contributed by atoms with Crippen LogP contribution in [0.5, 0.6) is 0 Å². The molecule has 0 aliphatic carbocycles. The van der Waals surface area contributed by atoms with Gasteiger partial charge < -0.3 is 20.1 Å². The van der Waals surface area contributed by atoms with E-state index < -0.39 is 10.9 Å². The standard InChI is InChI=1S/C13H20N4O5/c1-9(2)6-15(5-4-13(19)20)12(18)8-16-7-11(17(21)22)14-10(16)3/h7,9H,4-6,8H2,1-3H3,(H,19,20). The number of hydrogen-bond acceptors (Lipinski definition) is 5. The molecule has 0 atom stereocenters. The van der Waals surface area contributed by atoms with Gasteiger partial charge >= 0.3 is 11.8 Å². The summed E-state index contributed by atoms with van der Waals surface area (Å²) in [6, 6.07) is 0. The molecular formula is C13H20N4O5. The van der Waals surface area contributed by atoms with Crippen LogP contribution in [0.4, 0.5) is 5.82 Å². The zero-order valence-corrected chi connectivity index (χ0v) is 12.9. The Hall–Kier alpha value is -2.45. The van der Waals surface area contributed by atoms with E-state index >= 15 is 0 Å². The third-order valence-electron chi connectivity index (χ3n) is 2.99. The van der Waals surface area contributed by atoms with E-state index in [0.717, 1.165) is 0 Å². The minimum absolute atomic E-state index is 0.0982. The summed E-state index contributed by atoms with van der Waals surface area (Å²) in [7, 11) is 0. The second kappa shape index (κ2) is 7.53. The predicted molar refractivity (Wildman–Crippen MR) is 77.3 cm³/mol. The normalized spacial score (nSPS) is 10.7. The van der Waals surface area contributed by atoms with Crippen LogP contribution in [0.1, 0.15) is 26.1 Å². The Labute approximate surface area is 127 Å². The van der Waals surface area contributed by atoms with E-state index in [1.807, 2.05) is 13.8 Å². The number of hydrogen-bond donors (Lipinski definition) is 1. The summed E-state index contributed by atoms with van der Waals surface area (Å²) in [4.78, 5) is 38.3.